The van der Waals surface area contributed by atoms with Crippen molar-refractivity contribution in [2.24, 2.45) is 0 Å². The van der Waals surface area contributed by atoms with E-state index in [9.17, 15) is 19.2 Å². The number of fused-ring (bicyclic) bond motifs is 1. The molecule has 0 unspecified atom stereocenters. The maximum atomic E-state index is 12.2. The van der Waals surface area contributed by atoms with Gasteiger partial charge in [-0.3, -0.25) is 24.1 Å². The van der Waals surface area contributed by atoms with E-state index >= 15 is 0 Å². The second-order valence-electron chi connectivity index (χ2n) is 6.24. The number of hydrogen-bond donors (Lipinski definition) is 2. The highest BCUT2D eigenvalue weighted by Gasteiger charge is 2.33. The van der Waals surface area contributed by atoms with Gasteiger partial charge < -0.3 is 15.4 Å². The Labute approximate surface area is 161 Å². The summed E-state index contributed by atoms with van der Waals surface area (Å²) >= 11 is 0. The van der Waals surface area contributed by atoms with Gasteiger partial charge in [-0.2, -0.15) is 0 Å². The first-order chi connectivity index (χ1) is 13.4. The van der Waals surface area contributed by atoms with Crippen LogP contribution in [-0.4, -0.2) is 49.2 Å². The Balaban J connectivity index is 1.53. The van der Waals surface area contributed by atoms with Crippen molar-refractivity contribution in [1.82, 2.24) is 15.5 Å². The summed E-state index contributed by atoms with van der Waals surface area (Å²) in [6.45, 7) is 0.110. The van der Waals surface area contributed by atoms with Crippen LogP contribution in [0.15, 0.2) is 42.5 Å². The highest BCUT2D eigenvalue weighted by molar-refractivity contribution is 6.21. The molecule has 2 aromatic carbocycles. The molecule has 2 aromatic rings. The molecule has 3 rings (SSSR count). The van der Waals surface area contributed by atoms with Gasteiger partial charge in [-0.1, -0.05) is 12.1 Å². The van der Waals surface area contributed by atoms with Crippen molar-refractivity contribution in [2.75, 3.05) is 20.7 Å². The Morgan fingerprint density at radius 1 is 0.964 bits per heavy atom. The summed E-state index contributed by atoms with van der Waals surface area (Å²) in [5, 5.41) is 5.20. The number of hydrogen-bond acceptors (Lipinski definition) is 5. The fraction of sp³-hybridized carbons (Fsp3) is 0.200. The van der Waals surface area contributed by atoms with Crippen LogP contribution in [0.3, 0.4) is 0 Å². The normalized spacial score (nSPS) is 12.6. The van der Waals surface area contributed by atoms with Crippen molar-refractivity contribution in [3.05, 3.63) is 64.7 Å². The standard InChI is InChI=1S/C20H19N3O5/c1-23-19(26)15-8-5-13(9-16(15)20(23)27)18(25)22-11-17(24)21-10-12-3-6-14(28-2)7-4-12/h3-9H,10-11H2,1-2H3,(H,21,24)(H,22,25). The number of carbonyl (C=O) groups is 4. The van der Waals surface area contributed by atoms with Crippen molar-refractivity contribution >= 4 is 23.6 Å². The lowest BCUT2D eigenvalue weighted by molar-refractivity contribution is -0.120. The molecular formula is C20H19N3O5. The van der Waals surface area contributed by atoms with Crippen LogP contribution in [0, 0.1) is 0 Å². The third kappa shape index (κ3) is 3.85. The van der Waals surface area contributed by atoms with Crippen LogP contribution in [0.25, 0.3) is 0 Å². The van der Waals surface area contributed by atoms with Gasteiger partial charge in [0.2, 0.25) is 5.91 Å². The average Bonchev–Trinajstić information content (AvgIpc) is 2.94. The molecule has 4 amide bonds. The molecule has 0 fully saturated rings. The van der Waals surface area contributed by atoms with Gasteiger partial charge in [0, 0.05) is 19.2 Å². The molecule has 0 spiro atoms. The molecule has 0 saturated heterocycles. The van der Waals surface area contributed by atoms with Crippen LogP contribution in [0.2, 0.25) is 0 Å². The molecular weight excluding hydrogens is 362 g/mol. The zero-order valence-electron chi connectivity index (χ0n) is 15.4. The Morgan fingerprint density at radius 2 is 1.64 bits per heavy atom. The lowest BCUT2D eigenvalue weighted by Gasteiger charge is -2.08. The number of benzene rings is 2. The predicted octanol–water partition coefficient (Wildman–Crippen LogP) is 0.967. The molecule has 1 heterocycles. The Kier molecular flexibility index (Phi) is 5.39. The van der Waals surface area contributed by atoms with E-state index in [0.717, 1.165) is 16.2 Å². The Bertz CT molecular complexity index is 953. The minimum atomic E-state index is -0.503. The van der Waals surface area contributed by atoms with Crippen molar-refractivity contribution < 1.29 is 23.9 Å². The van der Waals surface area contributed by atoms with Crippen molar-refractivity contribution in [1.29, 1.82) is 0 Å². The Hall–Kier alpha value is -3.68. The fourth-order valence-corrected chi connectivity index (χ4v) is 2.77. The molecule has 1 aliphatic rings. The van der Waals surface area contributed by atoms with Crippen molar-refractivity contribution in [3.8, 4) is 5.75 Å². The molecule has 0 saturated carbocycles. The number of carbonyl (C=O) groups excluding carboxylic acids is 4. The molecule has 8 nitrogen and oxygen atoms in total. The van der Waals surface area contributed by atoms with Crippen LogP contribution in [0.4, 0.5) is 0 Å². The predicted molar refractivity (Wildman–Crippen MR) is 100 cm³/mol. The van der Waals surface area contributed by atoms with E-state index in [-0.39, 0.29) is 29.1 Å². The van der Waals surface area contributed by atoms with Gasteiger partial charge in [-0.25, -0.2) is 0 Å². The molecule has 144 valence electrons. The van der Waals surface area contributed by atoms with Crippen LogP contribution < -0.4 is 15.4 Å². The number of rotatable bonds is 6. The van der Waals surface area contributed by atoms with Gasteiger partial charge in [-0.15, -0.1) is 0 Å². The van der Waals surface area contributed by atoms with Crippen LogP contribution in [-0.2, 0) is 11.3 Å². The van der Waals surface area contributed by atoms with E-state index in [1.54, 1.807) is 19.2 Å². The minimum absolute atomic E-state index is 0.184. The van der Waals surface area contributed by atoms with Gasteiger partial charge in [0.25, 0.3) is 17.7 Å². The van der Waals surface area contributed by atoms with Crippen LogP contribution in [0.1, 0.15) is 36.6 Å². The molecule has 0 aliphatic carbocycles. The van der Waals surface area contributed by atoms with Gasteiger partial charge in [0.05, 0.1) is 24.8 Å². The summed E-state index contributed by atoms with van der Waals surface area (Å²) in [5.74, 6) is -0.978. The van der Waals surface area contributed by atoms with E-state index in [0.29, 0.717) is 6.54 Å². The number of amides is 4. The van der Waals surface area contributed by atoms with Crippen LogP contribution in [0.5, 0.6) is 5.75 Å². The SMILES string of the molecule is COc1ccc(CNC(=O)CNC(=O)c2ccc3c(c2)C(=O)N(C)C3=O)cc1. The molecule has 0 radical (unpaired) electrons. The van der Waals surface area contributed by atoms with Crippen molar-refractivity contribution in [2.45, 2.75) is 6.54 Å². The number of ether oxygens (including phenoxy) is 1. The number of imide groups is 1. The van der Waals surface area contributed by atoms with Crippen LogP contribution >= 0.6 is 0 Å². The summed E-state index contributed by atoms with van der Waals surface area (Å²) in [6.07, 6.45) is 0. The second kappa shape index (κ2) is 7.91. The zero-order chi connectivity index (χ0) is 20.3. The van der Waals surface area contributed by atoms with Gasteiger partial charge in [0.15, 0.2) is 0 Å². The molecule has 0 atom stereocenters. The maximum Gasteiger partial charge on any atom is 0.261 e. The first-order valence-electron chi connectivity index (χ1n) is 8.55. The average molecular weight is 381 g/mol. The summed E-state index contributed by atoms with van der Waals surface area (Å²) in [5.41, 5.74) is 1.55. The number of nitrogens with zero attached hydrogens (tertiary/aromatic N) is 1. The maximum absolute atomic E-state index is 12.2. The van der Waals surface area contributed by atoms with E-state index in [1.807, 2.05) is 12.1 Å². The zero-order valence-corrected chi connectivity index (χ0v) is 15.4. The first-order valence-corrected chi connectivity index (χ1v) is 8.55. The molecule has 2 N–H and O–H groups in total. The smallest absolute Gasteiger partial charge is 0.261 e. The fourth-order valence-electron chi connectivity index (χ4n) is 2.77. The monoisotopic (exact) mass is 381 g/mol. The summed E-state index contributed by atoms with van der Waals surface area (Å²) in [6, 6.07) is 11.5. The largest absolute Gasteiger partial charge is 0.497 e. The molecule has 8 heteroatoms. The molecule has 0 aromatic heterocycles. The number of methoxy groups -OCH3 is 1. The summed E-state index contributed by atoms with van der Waals surface area (Å²) in [4.78, 5) is 49.1. The topological polar surface area (TPSA) is 105 Å². The van der Waals surface area contributed by atoms with E-state index in [1.165, 1.54) is 25.2 Å². The molecule has 28 heavy (non-hydrogen) atoms. The summed E-state index contributed by atoms with van der Waals surface area (Å²) in [7, 11) is 2.96. The Morgan fingerprint density at radius 3 is 2.32 bits per heavy atom. The summed E-state index contributed by atoms with van der Waals surface area (Å²) < 4.78 is 5.07. The van der Waals surface area contributed by atoms with Gasteiger partial charge in [0.1, 0.15) is 5.75 Å². The number of nitrogens with one attached hydrogen (secondary N) is 2. The highest BCUT2D eigenvalue weighted by atomic mass is 16.5. The molecule has 0 bridgehead atoms. The third-order valence-electron chi connectivity index (χ3n) is 4.41. The third-order valence-corrected chi connectivity index (χ3v) is 4.41. The lowest BCUT2D eigenvalue weighted by atomic mass is 10.1. The first kappa shape index (κ1) is 19.1. The minimum Gasteiger partial charge on any atom is -0.497 e. The highest BCUT2D eigenvalue weighted by Crippen LogP contribution is 2.22. The van der Waals surface area contributed by atoms with Gasteiger partial charge >= 0.3 is 0 Å². The van der Waals surface area contributed by atoms with E-state index < -0.39 is 17.7 Å². The second-order valence-corrected chi connectivity index (χ2v) is 6.24. The molecule has 1 aliphatic heterocycles. The lowest BCUT2D eigenvalue weighted by Crippen LogP contribution is -2.36. The van der Waals surface area contributed by atoms with Crippen molar-refractivity contribution in [3.63, 3.8) is 0 Å². The van der Waals surface area contributed by atoms with E-state index in [2.05, 4.69) is 10.6 Å². The quantitative estimate of drug-likeness (QED) is 0.726. The van der Waals surface area contributed by atoms with Gasteiger partial charge in [-0.05, 0) is 35.9 Å². The van der Waals surface area contributed by atoms with E-state index in [4.69, 9.17) is 4.74 Å².